The summed E-state index contributed by atoms with van der Waals surface area (Å²) in [5.74, 6) is -1.02. The van der Waals surface area contributed by atoms with Crippen LogP contribution in [0.15, 0.2) is 66.8 Å². The molecule has 1 aromatic heterocycles. The van der Waals surface area contributed by atoms with E-state index in [2.05, 4.69) is 4.98 Å². The van der Waals surface area contributed by atoms with Crippen molar-refractivity contribution in [1.29, 1.82) is 0 Å². The molecule has 2 aliphatic heterocycles. The monoisotopic (exact) mass is 479 g/mol. The molecular weight excluding hydrogens is 458 g/mol. The van der Waals surface area contributed by atoms with Crippen molar-refractivity contribution >= 4 is 29.1 Å². The fraction of sp³-hybridized carbons (Fsp3) is 0.240. The van der Waals surface area contributed by atoms with Crippen LogP contribution in [0.3, 0.4) is 0 Å². The average Bonchev–Trinajstić information content (AvgIpc) is 3.45. The quantitative estimate of drug-likeness (QED) is 0.252. The standard InChI is InChI=1S/C25H22ClN3O5/c26-18-4-1-3-16(13-18)22-21(23(30)17-5-6-19-20(14-17)34-12-11-33-19)24(31)25(32)29(22)9-2-8-28-10-7-27-15-28/h1,3-7,10,13-15,22H,2,8-9,11-12H2,(H,30,31). The van der Waals surface area contributed by atoms with Crippen LogP contribution in [0.2, 0.25) is 5.02 Å². The Morgan fingerprint density at radius 2 is 1.97 bits per heavy atom. The van der Waals surface area contributed by atoms with Crippen molar-refractivity contribution in [3.05, 3.63) is 82.9 Å². The first-order valence-corrected chi connectivity index (χ1v) is 11.3. The first-order valence-electron chi connectivity index (χ1n) is 11.0. The number of ketones is 1. The number of hydrogen-bond acceptors (Lipinski definition) is 5. The van der Waals surface area contributed by atoms with Gasteiger partial charge < -0.3 is 19.5 Å². The second kappa shape index (κ2) is 9.23. The second-order valence-electron chi connectivity index (χ2n) is 8.09. The van der Waals surface area contributed by atoms with Crippen LogP contribution in [0.4, 0.5) is 0 Å². The van der Waals surface area contributed by atoms with Crippen molar-refractivity contribution in [2.45, 2.75) is 19.0 Å². The van der Waals surface area contributed by atoms with E-state index in [9.17, 15) is 14.7 Å². The lowest BCUT2D eigenvalue weighted by atomic mass is 9.95. The number of aromatic nitrogens is 2. The number of ether oxygens (including phenoxy) is 2. The molecule has 1 saturated heterocycles. The lowest BCUT2D eigenvalue weighted by molar-refractivity contribution is -0.695. The lowest BCUT2D eigenvalue weighted by Gasteiger charge is -2.28. The molecule has 1 atom stereocenters. The molecule has 1 amide bonds. The van der Waals surface area contributed by atoms with E-state index in [0.29, 0.717) is 54.8 Å². The number of rotatable bonds is 6. The Kier molecular flexibility index (Phi) is 5.98. The van der Waals surface area contributed by atoms with Crippen LogP contribution in [-0.2, 0) is 16.1 Å². The highest BCUT2D eigenvalue weighted by atomic mass is 35.5. The second-order valence-corrected chi connectivity index (χ2v) is 8.53. The van der Waals surface area contributed by atoms with Crippen LogP contribution < -0.4 is 19.1 Å². The van der Waals surface area contributed by atoms with Gasteiger partial charge in [-0.25, -0.2) is 4.57 Å². The van der Waals surface area contributed by atoms with Crippen molar-refractivity contribution in [3.8, 4) is 11.5 Å². The van der Waals surface area contributed by atoms with Gasteiger partial charge in [0.25, 0.3) is 5.91 Å². The number of Topliss-reactive ketones (excluding diaryl/α,β-unsaturated/α-hetero) is 1. The van der Waals surface area contributed by atoms with Gasteiger partial charge in [-0.1, -0.05) is 35.6 Å². The van der Waals surface area contributed by atoms with E-state index < -0.39 is 23.5 Å². The summed E-state index contributed by atoms with van der Waals surface area (Å²) in [6.45, 7) is 1.75. The summed E-state index contributed by atoms with van der Waals surface area (Å²) in [5.41, 5.74) is 0.789. The van der Waals surface area contributed by atoms with Gasteiger partial charge >= 0.3 is 0 Å². The maximum atomic E-state index is 13.6. The molecule has 9 heteroatoms. The van der Waals surface area contributed by atoms with E-state index in [1.165, 1.54) is 4.90 Å². The van der Waals surface area contributed by atoms with Gasteiger partial charge in [0.05, 0.1) is 12.6 Å². The zero-order chi connectivity index (χ0) is 23.7. The van der Waals surface area contributed by atoms with E-state index in [-0.39, 0.29) is 11.1 Å². The predicted molar refractivity (Wildman–Crippen MR) is 121 cm³/mol. The fourth-order valence-corrected chi connectivity index (χ4v) is 4.55. The van der Waals surface area contributed by atoms with E-state index in [1.807, 2.05) is 17.1 Å². The van der Waals surface area contributed by atoms with Crippen LogP contribution >= 0.6 is 11.6 Å². The van der Waals surface area contributed by atoms with E-state index in [4.69, 9.17) is 21.1 Å². The minimum atomic E-state index is -0.823. The summed E-state index contributed by atoms with van der Waals surface area (Å²) in [4.78, 5) is 30.6. The van der Waals surface area contributed by atoms with Crippen LogP contribution in [0, 0.1) is 0 Å². The molecule has 3 aromatic rings. The third-order valence-electron chi connectivity index (χ3n) is 5.92. The molecule has 174 valence electrons. The molecule has 1 N–H and O–H groups in total. The van der Waals surface area contributed by atoms with Crippen LogP contribution in [0.25, 0.3) is 5.76 Å². The Hall–Kier alpha value is -3.78. The third-order valence-corrected chi connectivity index (χ3v) is 6.15. The van der Waals surface area contributed by atoms with E-state index >= 15 is 0 Å². The van der Waals surface area contributed by atoms with Gasteiger partial charge in [0.2, 0.25) is 12.1 Å². The van der Waals surface area contributed by atoms with Gasteiger partial charge in [0.15, 0.2) is 11.5 Å². The Balaban J connectivity index is 1.54. The van der Waals surface area contributed by atoms with E-state index in [1.54, 1.807) is 48.7 Å². The highest BCUT2D eigenvalue weighted by Gasteiger charge is 2.44. The summed E-state index contributed by atoms with van der Waals surface area (Å²) in [6, 6.07) is 10.9. The highest BCUT2D eigenvalue weighted by molar-refractivity contribution is 6.46. The number of hydrogen-bond donors (Lipinski definition) is 1. The Morgan fingerprint density at radius 3 is 2.74 bits per heavy atom. The van der Waals surface area contributed by atoms with Crippen LogP contribution in [0.5, 0.6) is 11.5 Å². The molecular formula is C25H22ClN3O5. The molecule has 2 aromatic carbocycles. The fourth-order valence-electron chi connectivity index (χ4n) is 4.35. The first kappa shape index (κ1) is 22.0. The maximum Gasteiger partial charge on any atom is 0.295 e. The van der Waals surface area contributed by atoms with Gasteiger partial charge in [-0.2, -0.15) is 0 Å². The number of likely N-dealkylation sites (tertiary alicyclic amines) is 1. The SMILES string of the molecule is O=C1C(=O)N(CCC[n+]2cc[nH]c2)C(c2cccc(Cl)c2)C1=C([O-])c1ccc2c(c1)OCCO2. The number of H-pyrrole nitrogens is 1. The first-order chi connectivity index (χ1) is 16.5. The molecule has 5 rings (SSSR count). The van der Waals surface area contributed by atoms with Crippen molar-refractivity contribution in [3.63, 3.8) is 0 Å². The summed E-state index contributed by atoms with van der Waals surface area (Å²) in [7, 11) is 0. The molecule has 1 fully saturated rings. The zero-order valence-corrected chi connectivity index (χ0v) is 19.0. The average molecular weight is 480 g/mol. The van der Waals surface area contributed by atoms with Gasteiger partial charge in [-0.05, 0) is 35.4 Å². The zero-order valence-electron chi connectivity index (χ0n) is 18.2. The highest BCUT2D eigenvalue weighted by Crippen LogP contribution is 2.40. The predicted octanol–water partition coefficient (Wildman–Crippen LogP) is 2.04. The molecule has 3 heterocycles. The molecule has 34 heavy (non-hydrogen) atoms. The third kappa shape index (κ3) is 4.12. The summed E-state index contributed by atoms with van der Waals surface area (Å²) >= 11 is 6.22. The Bertz CT molecular complexity index is 1270. The minimum absolute atomic E-state index is 0.0850. The van der Waals surface area contributed by atoms with Gasteiger partial charge in [-0.15, -0.1) is 0 Å². The molecule has 0 radical (unpaired) electrons. The molecule has 0 saturated carbocycles. The Labute approximate surface area is 201 Å². The van der Waals surface area contributed by atoms with E-state index in [0.717, 1.165) is 0 Å². The number of aromatic amines is 1. The van der Waals surface area contributed by atoms with Crippen LogP contribution in [-0.4, -0.2) is 41.3 Å². The van der Waals surface area contributed by atoms with Gasteiger partial charge in [0.1, 0.15) is 25.6 Å². The molecule has 1 unspecified atom stereocenters. The number of nitrogens with one attached hydrogen (secondary N) is 1. The summed E-state index contributed by atoms with van der Waals surface area (Å²) in [5, 5.41) is 14.0. The lowest BCUT2D eigenvalue weighted by Crippen LogP contribution is -2.36. The molecule has 2 aliphatic rings. The van der Waals surface area contributed by atoms with Crippen molar-refractivity contribution in [2.75, 3.05) is 19.8 Å². The number of aryl methyl sites for hydroxylation is 1. The number of imidazole rings is 1. The van der Waals surface area contributed by atoms with Gasteiger partial charge in [-0.3, -0.25) is 14.6 Å². The number of carbonyl (C=O) groups is 2. The normalized spacial score (nSPS) is 19.0. The number of carbonyl (C=O) groups excluding carboxylic acids is 2. The Morgan fingerprint density at radius 1 is 1.15 bits per heavy atom. The molecule has 0 bridgehead atoms. The smallest absolute Gasteiger partial charge is 0.295 e. The minimum Gasteiger partial charge on any atom is -0.872 e. The van der Waals surface area contributed by atoms with Crippen molar-refractivity contribution < 1.29 is 28.7 Å². The van der Waals surface area contributed by atoms with Crippen molar-refractivity contribution in [1.82, 2.24) is 9.88 Å². The summed E-state index contributed by atoms with van der Waals surface area (Å²) in [6.07, 6.45) is 6.10. The topological polar surface area (TPSA) is 98.6 Å². The largest absolute Gasteiger partial charge is 0.872 e. The molecule has 8 nitrogen and oxygen atoms in total. The number of benzene rings is 2. The van der Waals surface area contributed by atoms with Crippen LogP contribution in [0.1, 0.15) is 23.6 Å². The molecule has 0 spiro atoms. The van der Waals surface area contributed by atoms with Crippen molar-refractivity contribution in [2.24, 2.45) is 0 Å². The maximum absolute atomic E-state index is 13.6. The molecule has 0 aliphatic carbocycles. The number of fused-ring (bicyclic) bond motifs is 1. The number of halogens is 1. The number of nitrogens with zero attached hydrogens (tertiary/aromatic N) is 2. The summed E-state index contributed by atoms with van der Waals surface area (Å²) < 4.78 is 13.1. The number of amides is 1. The van der Waals surface area contributed by atoms with Gasteiger partial charge in [0, 0.05) is 23.6 Å².